The molecule has 7 heteroatoms. The van der Waals surface area contributed by atoms with E-state index >= 15 is 0 Å². The van der Waals surface area contributed by atoms with E-state index in [9.17, 15) is 0 Å². The lowest BCUT2D eigenvalue weighted by Gasteiger charge is -2.16. The largest absolute Gasteiger partial charge is 0.443 e. The zero-order valence-corrected chi connectivity index (χ0v) is 16.4. The van der Waals surface area contributed by atoms with Gasteiger partial charge >= 0.3 is 0 Å². The van der Waals surface area contributed by atoms with E-state index in [2.05, 4.69) is 27.5 Å². The Bertz CT molecular complexity index is 605. The highest BCUT2D eigenvalue weighted by molar-refractivity contribution is 14.0. The molecule has 23 heavy (non-hydrogen) atoms. The van der Waals surface area contributed by atoms with Crippen LogP contribution < -0.4 is 10.6 Å². The van der Waals surface area contributed by atoms with Crippen LogP contribution >= 0.6 is 35.3 Å². The molecule has 2 heterocycles. The normalized spacial score (nSPS) is 15.4. The van der Waals surface area contributed by atoms with Crippen LogP contribution in [0.3, 0.4) is 0 Å². The number of rotatable bonds is 5. The monoisotopic (exact) mass is 446 g/mol. The highest BCUT2D eigenvalue weighted by Gasteiger charge is 2.16. The van der Waals surface area contributed by atoms with Gasteiger partial charge in [0.1, 0.15) is 12.0 Å². The SMILES string of the molecule is CCNC(=NCc1coc(-c2cccs2)n1)NC1CCCC1.I. The molecule has 1 aliphatic rings. The smallest absolute Gasteiger partial charge is 0.236 e. The molecule has 5 nitrogen and oxygen atoms in total. The van der Waals surface area contributed by atoms with Crippen LogP contribution in [0.4, 0.5) is 0 Å². The summed E-state index contributed by atoms with van der Waals surface area (Å²) in [7, 11) is 0. The lowest BCUT2D eigenvalue weighted by Crippen LogP contribution is -2.42. The van der Waals surface area contributed by atoms with Crippen molar-refractivity contribution in [3.63, 3.8) is 0 Å². The minimum Gasteiger partial charge on any atom is -0.443 e. The van der Waals surface area contributed by atoms with Crippen molar-refractivity contribution in [1.82, 2.24) is 15.6 Å². The van der Waals surface area contributed by atoms with Gasteiger partial charge in [0.2, 0.25) is 5.89 Å². The summed E-state index contributed by atoms with van der Waals surface area (Å²) in [6.07, 6.45) is 6.78. The third kappa shape index (κ3) is 5.20. The number of nitrogens with one attached hydrogen (secondary N) is 2. The predicted octanol–water partition coefficient (Wildman–Crippen LogP) is 4.02. The predicted molar refractivity (Wildman–Crippen MR) is 105 cm³/mol. The third-order valence-corrected chi connectivity index (χ3v) is 4.58. The summed E-state index contributed by atoms with van der Waals surface area (Å²) < 4.78 is 5.52. The van der Waals surface area contributed by atoms with Gasteiger partial charge in [-0.3, -0.25) is 0 Å². The van der Waals surface area contributed by atoms with Crippen molar-refractivity contribution in [3.05, 3.63) is 29.5 Å². The molecule has 2 N–H and O–H groups in total. The van der Waals surface area contributed by atoms with Crippen LogP contribution in [0.5, 0.6) is 0 Å². The van der Waals surface area contributed by atoms with Crippen molar-refractivity contribution in [2.45, 2.75) is 45.2 Å². The van der Waals surface area contributed by atoms with Gasteiger partial charge in [-0.25, -0.2) is 9.98 Å². The fourth-order valence-electron chi connectivity index (χ4n) is 2.64. The maximum absolute atomic E-state index is 5.52. The van der Waals surface area contributed by atoms with E-state index < -0.39 is 0 Å². The van der Waals surface area contributed by atoms with E-state index in [-0.39, 0.29) is 24.0 Å². The van der Waals surface area contributed by atoms with E-state index in [1.165, 1.54) is 25.7 Å². The molecule has 126 valence electrons. The molecule has 2 aromatic rings. The number of nitrogens with zero attached hydrogens (tertiary/aromatic N) is 2. The first kappa shape index (κ1) is 18.3. The summed E-state index contributed by atoms with van der Waals surface area (Å²) in [5.41, 5.74) is 0.854. The zero-order valence-electron chi connectivity index (χ0n) is 13.2. The molecule has 0 amide bonds. The summed E-state index contributed by atoms with van der Waals surface area (Å²) in [6.45, 7) is 3.46. The number of hydrogen-bond acceptors (Lipinski definition) is 4. The number of thiophene rings is 1. The molecule has 1 fully saturated rings. The molecule has 1 saturated carbocycles. The topological polar surface area (TPSA) is 62.5 Å². The standard InChI is InChI=1S/C16H22N4OS.HI/c1-2-17-16(20-12-6-3-4-7-12)18-10-13-11-21-15(19-13)14-8-5-9-22-14;/h5,8-9,11-12H,2-4,6-7,10H2,1H3,(H2,17,18,20);1H. The Morgan fingerprint density at radius 2 is 2.26 bits per heavy atom. The lowest BCUT2D eigenvalue weighted by molar-refractivity contribution is 0.574. The molecular formula is C16H23IN4OS. The molecule has 0 spiro atoms. The zero-order chi connectivity index (χ0) is 15.2. The summed E-state index contributed by atoms with van der Waals surface area (Å²) >= 11 is 1.63. The molecule has 0 saturated heterocycles. The number of guanidine groups is 1. The van der Waals surface area contributed by atoms with Gasteiger partial charge in [-0.2, -0.15) is 0 Å². The van der Waals surface area contributed by atoms with Crippen LogP contribution in [0.1, 0.15) is 38.3 Å². The number of hydrogen-bond donors (Lipinski definition) is 2. The van der Waals surface area contributed by atoms with Crippen LogP contribution in [0.25, 0.3) is 10.8 Å². The summed E-state index contributed by atoms with van der Waals surface area (Å²) in [5.74, 6) is 1.55. The van der Waals surface area contributed by atoms with E-state index in [0.29, 0.717) is 18.5 Å². The first-order chi connectivity index (χ1) is 10.8. The van der Waals surface area contributed by atoms with E-state index in [0.717, 1.165) is 23.1 Å². The third-order valence-electron chi connectivity index (χ3n) is 3.72. The summed E-state index contributed by atoms with van der Waals surface area (Å²) in [5, 5.41) is 8.82. The molecule has 2 aromatic heterocycles. The fraction of sp³-hybridized carbons (Fsp3) is 0.500. The number of aliphatic imine (C=N–C) groups is 1. The van der Waals surface area contributed by atoms with Crippen LogP contribution in [-0.2, 0) is 6.54 Å². The second-order valence-corrected chi connectivity index (χ2v) is 6.39. The lowest BCUT2D eigenvalue weighted by atomic mass is 10.2. The average Bonchev–Trinajstić information content (AvgIpc) is 3.26. The number of aromatic nitrogens is 1. The Morgan fingerprint density at radius 3 is 2.96 bits per heavy atom. The van der Waals surface area contributed by atoms with Crippen LogP contribution in [-0.4, -0.2) is 23.5 Å². The van der Waals surface area contributed by atoms with Gasteiger partial charge < -0.3 is 15.1 Å². The Hall–Kier alpha value is -1.09. The summed E-state index contributed by atoms with van der Waals surface area (Å²) in [4.78, 5) is 10.2. The van der Waals surface area contributed by atoms with Gasteiger partial charge in [0.15, 0.2) is 5.96 Å². The van der Waals surface area contributed by atoms with E-state index in [1.807, 2.05) is 17.5 Å². The van der Waals surface area contributed by atoms with Gasteiger partial charge in [0.25, 0.3) is 0 Å². The second-order valence-electron chi connectivity index (χ2n) is 5.44. The Labute approximate surface area is 158 Å². The maximum atomic E-state index is 5.52. The fourth-order valence-corrected chi connectivity index (χ4v) is 3.29. The molecule has 0 unspecified atom stereocenters. The van der Waals surface area contributed by atoms with Crippen LogP contribution in [0.15, 0.2) is 33.2 Å². The Morgan fingerprint density at radius 1 is 1.43 bits per heavy atom. The first-order valence-electron chi connectivity index (χ1n) is 7.88. The summed E-state index contributed by atoms with van der Waals surface area (Å²) in [6, 6.07) is 4.56. The second kappa shape index (κ2) is 9.27. The van der Waals surface area contributed by atoms with Crippen LogP contribution in [0, 0.1) is 0 Å². The van der Waals surface area contributed by atoms with Crippen molar-refractivity contribution in [1.29, 1.82) is 0 Å². The minimum atomic E-state index is 0. The number of oxazole rings is 1. The van der Waals surface area contributed by atoms with E-state index in [1.54, 1.807) is 17.6 Å². The van der Waals surface area contributed by atoms with E-state index in [4.69, 9.17) is 4.42 Å². The van der Waals surface area contributed by atoms with Crippen molar-refractivity contribution < 1.29 is 4.42 Å². The van der Waals surface area contributed by atoms with Crippen LogP contribution in [0.2, 0.25) is 0 Å². The van der Waals surface area contributed by atoms with Gasteiger partial charge in [0, 0.05) is 12.6 Å². The first-order valence-corrected chi connectivity index (χ1v) is 8.76. The maximum Gasteiger partial charge on any atom is 0.236 e. The molecule has 3 rings (SSSR count). The Kier molecular flexibility index (Phi) is 7.35. The molecule has 0 atom stereocenters. The minimum absolute atomic E-state index is 0. The van der Waals surface area contributed by atoms with Crippen molar-refractivity contribution in [2.75, 3.05) is 6.54 Å². The van der Waals surface area contributed by atoms with Gasteiger partial charge in [-0.05, 0) is 31.2 Å². The molecular weight excluding hydrogens is 423 g/mol. The highest BCUT2D eigenvalue weighted by Crippen LogP contribution is 2.23. The molecule has 0 radical (unpaired) electrons. The van der Waals surface area contributed by atoms with Gasteiger partial charge in [0.05, 0.1) is 11.4 Å². The molecule has 1 aliphatic carbocycles. The van der Waals surface area contributed by atoms with Crippen molar-refractivity contribution in [2.24, 2.45) is 4.99 Å². The van der Waals surface area contributed by atoms with Gasteiger partial charge in [-0.15, -0.1) is 35.3 Å². The number of halogens is 1. The molecule has 0 aromatic carbocycles. The Balaban J connectivity index is 0.00000192. The van der Waals surface area contributed by atoms with Gasteiger partial charge in [-0.1, -0.05) is 18.9 Å². The molecule has 0 aliphatic heterocycles. The highest BCUT2D eigenvalue weighted by atomic mass is 127. The average molecular weight is 446 g/mol. The van der Waals surface area contributed by atoms with Crippen molar-refractivity contribution >= 4 is 41.3 Å². The van der Waals surface area contributed by atoms with Crippen molar-refractivity contribution in [3.8, 4) is 10.8 Å². The molecule has 0 bridgehead atoms. The quantitative estimate of drug-likeness (QED) is 0.414.